The van der Waals surface area contributed by atoms with E-state index in [1.807, 2.05) is 6.20 Å². The topological polar surface area (TPSA) is 94.2 Å². The first-order chi connectivity index (χ1) is 13.5. The monoisotopic (exact) mass is 407 g/mol. The first-order valence-electron chi connectivity index (χ1n) is 8.26. The number of fused-ring (bicyclic) bond motifs is 3. The summed E-state index contributed by atoms with van der Waals surface area (Å²) in [6.07, 6.45) is 3.05. The molecule has 0 atom stereocenters. The molecule has 0 aliphatic rings. The van der Waals surface area contributed by atoms with Gasteiger partial charge >= 0.3 is 6.61 Å². The number of carbonyl (C=O) groups excluding carboxylic acids is 1. The third kappa shape index (κ3) is 3.18. The van der Waals surface area contributed by atoms with Gasteiger partial charge in [-0.2, -0.15) is 13.9 Å². The number of amides is 1. The first-order valence-corrected chi connectivity index (χ1v) is 9.07. The van der Waals surface area contributed by atoms with Gasteiger partial charge in [0.05, 0.1) is 17.7 Å². The number of pyridine rings is 1. The smallest absolute Gasteiger partial charge is 0.387 e. The molecule has 0 saturated heterocycles. The third-order valence-electron chi connectivity index (χ3n) is 4.02. The molecule has 0 aliphatic heterocycles. The summed E-state index contributed by atoms with van der Waals surface area (Å²) in [5.41, 5.74) is 0.640. The van der Waals surface area contributed by atoms with E-state index in [1.165, 1.54) is 23.6 Å². The van der Waals surface area contributed by atoms with E-state index < -0.39 is 6.61 Å². The van der Waals surface area contributed by atoms with E-state index in [0.29, 0.717) is 16.3 Å². The molecule has 4 rings (SSSR count). The summed E-state index contributed by atoms with van der Waals surface area (Å²) in [7, 11) is 1.78. The maximum atomic E-state index is 12.4. The molecule has 11 heteroatoms. The predicted molar refractivity (Wildman–Crippen MR) is 99.3 cm³/mol. The zero-order valence-corrected chi connectivity index (χ0v) is 15.4. The summed E-state index contributed by atoms with van der Waals surface area (Å²) < 4.78 is 32.5. The van der Waals surface area contributed by atoms with E-state index in [-0.39, 0.29) is 24.8 Å². The van der Waals surface area contributed by atoms with Crippen molar-refractivity contribution in [2.45, 2.75) is 6.61 Å². The lowest BCUT2D eigenvalue weighted by molar-refractivity contribution is -0.0500. The minimum atomic E-state index is -2.93. The number of hydrogen-bond acceptors (Lipinski definition) is 6. The molecule has 0 fully saturated rings. The molecule has 4 aromatic heterocycles. The van der Waals surface area contributed by atoms with E-state index in [1.54, 1.807) is 28.4 Å². The Morgan fingerprint density at radius 1 is 1.39 bits per heavy atom. The van der Waals surface area contributed by atoms with E-state index in [9.17, 15) is 13.6 Å². The van der Waals surface area contributed by atoms with Crippen molar-refractivity contribution in [3.8, 4) is 11.6 Å². The van der Waals surface area contributed by atoms with E-state index in [0.717, 1.165) is 15.6 Å². The Bertz CT molecular complexity index is 1150. The Labute approximate surface area is 161 Å². The number of aliphatic hydroxyl groups excluding tert-OH is 1. The van der Waals surface area contributed by atoms with Crippen LogP contribution in [-0.4, -0.2) is 50.1 Å². The maximum absolute atomic E-state index is 12.4. The van der Waals surface area contributed by atoms with Crippen molar-refractivity contribution in [3.63, 3.8) is 0 Å². The van der Waals surface area contributed by atoms with Gasteiger partial charge in [-0.1, -0.05) is 0 Å². The van der Waals surface area contributed by atoms with Crippen molar-refractivity contribution in [1.29, 1.82) is 0 Å². The van der Waals surface area contributed by atoms with Gasteiger partial charge in [0.25, 0.3) is 5.91 Å². The van der Waals surface area contributed by atoms with Crippen molar-refractivity contribution in [2.24, 2.45) is 7.05 Å². The number of nitrogens with one attached hydrogen (secondary N) is 1. The highest BCUT2D eigenvalue weighted by Gasteiger charge is 2.21. The van der Waals surface area contributed by atoms with E-state index in [2.05, 4.69) is 20.1 Å². The van der Waals surface area contributed by atoms with Crippen molar-refractivity contribution in [1.82, 2.24) is 24.6 Å². The molecule has 0 spiro atoms. The summed E-state index contributed by atoms with van der Waals surface area (Å²) in [4.78, 5) is 17.7. The van der Waals surface area contributed by atoms with Crippen LogP contribution in [0.4, 0.5) is 8.78 Å². The average Bonchev–Trinajstić information content (AvgIpc) is 3.30. The Morgan fingerprint density at radius 2 is 2.21 bits per heavy atom. The van der Waals surface area contributed by atoms with Gasteiger partial charge in [0.2, 0.25) is 0 Å². The quantitative estimate of drug-likeness (QED) is 0.512. The van der Waals surface area contributed by atoms with Crippen LogP contribution in [-0.2, 0) is 7.05 Å². The molecule has 28 heavy (non-hydrogen) atoms. The van der Waals surface area contributed by atoms with Gasteiger partial charge in [-0.05, 0) is 18.2 Å². The van der Waals surface area contributed by atoms with Crippen LogP contribution in [0.25, 0.3) is 27.1 Å². The SMILES string of the molecule is Cn1cc2c3cc(C(=O)NCCO)sc3n(-c3ccc(OC(F)F)cn3)c2n1. The number of aromatic nitrogens is 4. The Balaban J connectivity index is 1.83. The van der Waals surface area contributed by atoms with Crippen molar-refractivity contribution >= 4 is 38.5 Å². The molecule has 2 N–H and O–H groups in total. The summed E-state index contributed by atoms with van der Waals surface area (Å²) in [5, 5.41) is 17.6. The molecule has 4 aromatic rings. The first kappa shape index (κ1) is 18.3. The number of alkyl halides is 2. The number of nitrogens with zero attached hydrogens (tertiary/aromatic N) is 4. The summed E-state index contributed by atoms with van der Waals surface area (Å²) in [6.45, 7) is -2.91. The minimum Gasteiger partial charge on any atom is -0.433 e. The lowest BCUT2D eigenvalue weighted by Crippen LogP contribution is -2.25. The van der Waals surface area contributed by atoms with Crippen LogP contribution in [0, 0.1) is 0 Å². The van der Waals surface area contributed by atoms with E-state index >= 15 is 0 Å². The standard InChI is InChI=1S/C17H15F2N5O3S/c1-23-8-11-10-6-12(15(26)20-4-5-25)28-16(10)24(14(11)22-23)13-3-2-9(7-21-13)27-17(18)19/h2-3,6-8,17,25H,4-5H2,1H3,(H,20,26). The zero-order chi connectivity index (χ0) is 19.8. The highest BCUT2D eigenvalue weighted by Crippen LogP contribution is 2.36. The Morgan fingerprint density at radius 3 is 2.89 bits per heavy atom. The maximum Gasteiger partial charge on any atom is 0.387 e. The van der Waals surface area contributed by atoms with Crippen molar-refractivity contribution in [3.05, 3.63) is 35.5 Å². The Kier molecular flexibility index (Phi) is 4.69. The second-order valence-electron chi connectivity index (χ2n) is 5.92. The lowest BCUT2D eigenvalue weighted by Gasteiger charge is -2.07. The number of hydrogen-bond donors (Lipinski definition) is 2. The lowest BCUT2D eigenvalue weighted by atomic mass is 10.3. The second-order valence-corrected chi connectivity index (χ2v) is 6.95. The third-order valence-corrected chi connectivity index (χ3v) is 5.14. The molecule has 0 saturated carbocycles. The zero-order valence-electron chi connectivity index (χ0n) is 14.6. The fourth-order valence-corrected chi connectivity index (χ4v) is 4.03. The normalized spacial score (nSPS) is 11.6. The summed E-state index contributed by atoms with van der Waals surface area (Å²) in [6, 6.07) is 4.72. The molecule has 0 bridgehead atoms. The van der Waals surface area contributed by atoms with Crippen LogP contribution < -0.4 is 10.1 Å². The molecular formula is C17H15F2N5O3S. The fourth-order valence-electron chi connectivity index (χ4n) is 2.93. The van der Waals surface area contributed by atoms with Gasteiger partial charge in [-0.3, -0.25) is 14.0 Å². The van der Waals surface area contributed by atoms with Crippen LogP contribution in [0.15, 0.2) is 30.6 Å². The van der Waals surface area contributed by atoms with Gasteiger partial charge in [0, 0.05) is 30.6 Å². The molecule has 8 nitrogen and oxygen atoms in total. The number of thiophene rings is 1. The summed E-state index contributed by atoms with van der Waals surface area (Å²) >= 11 is 1.26. The van der Waals surface area contributed by atoms with Gasteiger partial charge < -0.3 is 15.2 Å². The van der Waals surface area contributed by atoms with Gasteiger partial charge in [-0.15, -0.1) is 11.3 Å². The number of ether oxygens (including phenoxy) is 1. The van der Waals surface area contributed by atoms with Gasteiger partial charge in [0.15, 0.2) is 5.65 Å². The largest absolute Gasteiger partial charge is 0.433 e. The molecule has 4 heterocycles. The second kappa shape index (κ2) is 7.17. The highest BCUT2D eigenvalue weighted by atomic mass is 32.1. The molecule has 0 aromatic carbocycles. The molecule has 0 radical (unpaired) electrons. The number of aryl methyl sites for hydroxylation is 1. The molecule has 0 unspecified atom stereocenters. The minimum absolute atomic E-state index is 0.0466. The van der Waals surface area contributed by atoms with Crippen molar-refractivity contribution in [2.75, 3.05) is 13.2 Å². The molecule has 146 valence electrons. The number of halogens is 2. The predicted octanol–water partition coefficient (Wildman–Crippen LogP) is 2.30. The number of carbonyl (C=O) groups is 1. The highest BCUT2D eigenvalue weighted by molar-refractivity contribution is 7.20. The van der Waals surface area contributed by atoms with Crippen molar-refractivity contribution < 1.29 is 23.4 Å². The summed E-state index contributed by atoms with van der Waals surface area (Å²) in [5.74, 6) is 0.131. The van der Waals surface area contributed by atoms with Crippen LogP contribution in [0.2, 0.25) is 0 Å². The molecular weight excluding hydrogens is 392 g/mol. The molecule has 1 amide bonds. The van der Waals surface area contributed by atoms with Gasteiger partial charge in [0.1, 0.15) is 16.4 Å². The van der Waals surface area contributed by atoms with Crippen LogP contribution >= 0.6 is 11.3 Å². The number of rotatable bonds is 6. The number of aliphatic hydroxyl groups is 1. The van der Waals surface area contributed by atoms with Crippen LogP contribution in [0.1, 0.15) is 9.67 Å². The van der Waals surface area contributed by atoms with Crippen LogP contribution in [0.5, 0.6) is 5.75 Å². The Hall–Kier alpha value is -3.05. The fraction of sp³-hybridized carbons (Fsp3) is 0.235. The van der Waals surface area contributed by atoms with Crippen LogP contribution in [0.3, 0.4) is 0 Å². The van der Waals surface area contributed by atoms with Gasteiger partial charge in [-0.25, -0.2) is 4.98 Å². The van der Waals surface area contributed by atoms with E-state index in [4.69, 9.17) is 5.11 Å². The molecule has 0 aliphatic carbocycles. The average molecular weight is 407 g/mol.